The number of nitrogens with one attached hydrogen (secondary N) is 5. The van der Waals surface area contributed by atoms with Gasteiger partial charge in [-0.25, -0.2) is 8.97 Å². The van der Waals surface area contributed by atoms with Crippen LogP contribution in [0.15, 0.2) is 67.3 Å². The number of pyridine rings is 1. The van der Waals surface area contributed by atoms with E-state index in [1.165, 1.54) is 11.9 Å². The van der Waals surface area contributed by atoms with Crippen molar-refractivity contribution in [2.75, 3.05) is 13.6 Å². The molecule has 5 rings (SSSR count). The summed E-state index contributed by atoms with van der Waals surface area (Å²) >= 11 is 0. The van der Waals surface area contributed by atoms with Gasteiger partial charge in [-0.05, 0) is 42.9 Å². The first kappa shape index (κ1) is 36.5. The number of unbranched alkanes of at least 4 members (excludes halogenated alkanes) is 1. The monoisotopic (exact) mass is 701 g/mol. The molecule has 6 N–H and O–H groups in total. The maximum Gasteiger partial charge on any atom is 0.305 e. The van der Waals surface area contributed by atoms with Crippen molar-refractivity contribution >= 4 is 52.1 Å². The lowest BCUT2D eigenvalue weighted by molar-refractivity contribution is -0.671. The van der Waals surface area contributed by atoms with Gasteiger partial charge in [0.15, 0.2) is 0 Å². The van der Waals surface area contributed by atoms with Crippen LogP contribution in [0.2, 0.25) is 0 Å². The molecule has 0 saturated carbocycles. The van der Waals surface area contributed by atoms with Crippen molar-refractivity contribution in [3.8, 4) is 0 Å². The summed E-state index contributed by atoms with van der Waals surface area (Å²) in [6.07, 6.45) is 8.33. The Balaban J connectivity index is 1.40. The van der Waals surface area contributed by atoms with E-state index in [2.05, 4.69) is 30.8 Å². The van der Waals surface area contributed by atoms with E-state index in [9.17, 15) is 33.9 Å². The number of likely N-dealkylation sites (N-methyl/N-ethyl adjacent to an activating group) is 1. The van der Waals surface area contributed by atoms with Crippen LogP contribution in [0, 0.1) is 5.92 Å². The highest BCUT2D eigenvalue weighted by Crippen LogP contribution is 2.21. The second-order valence-electron chi connectivity index (χ2n) is 13.2. The van der Waals surface area contributed by atoms with E-state index in [1.54, 1.807) is 20.0 Å². The highest BCUT2D eigenvalue weighted by molar-refractivity contribution is 5.98. The van der Waals surface area contributed by atoms with E-state index in [4.69, 9.17) is 0 Å². The van der Waals surface area contributed by atoms with Crippen molar-refractivity contribution in [2.24, 2.45) is 5.92 Å². The number of rotatable bonds is 10. The largest absolute Gasteiger partial charge is 0.481 e. The van der Waals surface area contributed by atoms with Gasteiger partial charge in [-0.3, -0.25) is 28.8 Å². The summed E-state index contributed by atoms with van der Waals surface area (Å²) in [5, 5.41) is 20.8. The molecule has 4 aromatic rings. The lowest BCUT2D eigenvalue weighted by atomic mass is 9.98. The molecule has 5 amide bonds. The molecule has 0 radical (unpaired) electrons. The average molecular weight is 702 g/mol. The molecule has 4 unspecified atom stereocenters. The second-order valence-corrected chi connectivity index (χ2v) is 13.2. The predicted octanol–water partition coefficient (Wildman–Crippen LogP) is 0.663. The highest BCUT2D eigenvalue weighted by Gasteiger charge is 2.37. The van der Waals surface area contributed by atoms with Crippen LogP contribution >= 0.6 is 0 Å². The van der Waals surface area contributed by atoms with E-state index >= 15 is 0 Å². The number of aromatic amines is 1. The van der Waals surface area contributed by atoms with Crippen LogP contribution in [0.25, 0.3) is 16.6 Å². The van der Waals surface area contributed by atoms with Gasteiger partial charge in [-0.2, -0.15) is 0 Å². The Morgan fingerprint density at radius 2 is 1.65 bits per heavy atom. The van der Waals surface area contributed by atoms with E-state index in [0.717, 1.165) is 16.6 Å². The summed E-state index contributed by atoms with van der Waals surface area (Å²) in [7, 11) is 1.46. The van der Waals surface area contributed by atoms with Crippen molar-refractivity contribution in [1.29, 1.82) is 0 Å². The lowest BCUT2D eigenvalue weighted by Crippen LogP contribution is -2.59. The number of nitrogens with zero attached hydrogens (tertiary/aromatic N) is 3. The van der Waals surface area contributed by atoms with Crippen LogP contribution in [0.4, 0.5) is 0 Å². The van der Waals surface area contributed by atoms with Crippen molar-refractivity contribution in [3.63, 3.8) is 0 Å². The number of carbonyl (C=O) groups excluding carboxylic acids is 5. The minimum atomic E-state index is -1.54. The van der Waals surface area contributed by atoms with Gasteiger partial charge >= 0.3 is 5.97 Å². The SMILES string of the molecule is CC(C)C1C(=O)NC(CCCC[n+]2ccn3ccccc32)C(=O)NCC(=O)NC(CC(=O)O)C(=O)NC(Cc2c[nH]c3ccccc23)C(=O)N1C. The Morgan fingerprint density at radius 1 is 0.902 bits per heavy atom. The Hall–Kier alpha value is -5.73. The van der Waals surface area contributed by atoms with Crippen LogP contribution in [0.1, 0.15) is 45.1 Å². The van der Waals surface area contributed by atoms with E-state index < -0.39 is 78.6 Å². The van der Waals surface area contributed by atoms with Crippen LogP contribution in [0.3, 0.4) is 0 Å². The number of imidazole rings is 1. The summed E-state index contributed by atoms with van der Waals surface area (Å²) in [6.45, 7) is 3.65. The number of aryl methyl sites for hydroxylation is 1. The smallest absolute Gasteiger partial charge is 0.305 e. The van der Waals surface area contributed by atoms with Crippen LogP contribution in [-0.4, -0.2) is 92.7 Å². The number of carboxylic acids is 1. The van der Waals surface area contributed by atoms with Gasteiger partial charge in [0.25, 0.3) is 5.65 Å². The summed E-state index contributed by atoms with van der Waals surface area (Å²) in [6, 6.07) is 8.48. The first-order valence-electron chi connectivity index (χ1n) is 17.1. The van der Waals surface area contributed by atoms with Gasteiger partial charge in [0.2, 0.25) is 29.5 Å². The van der Waals surface area contributed by atoms with Crippen molar-refractivity contribution in [1.82, 2.24) is 35.6 Å². The van der Waals surface area contributed by atoms with E-state index in [0.29, 0.717) is 24.9 Å². The van der Waals surface area contributed by atoms with Crippen LogP contribution in [0.5, 0.6) is 0 Å². The minimum Gasteiger partial charge on any atom is -0.481 e. The van der Waals surface area contributed by atoms with Crippen molar-refractivity contribution in [3.05, 3.63) is 72.8 Å². The fraction of sp³-hybridized carbons (Fsp3) is 0.417. The predicted molar refractivity (Wildman–Crippen MR) is 186 cm³/mol. The molecule has 3 aromatic heterocycles. The number of carboxylic acid groups (broad SMARTS) is 1. The zero-order valence-corrected chi connectivity index (χ0v) is 28.9. The standard InChI is InChI=1S/C36H44N8O7/c1-22(2)32-35(50)40-26(12-6-8-14-43-16-17-44-15-9-7-13-30(43)44)33(48)38-21-29(45)39-27(19-31(46)47)34(49)41-28(36(51)42(32)3)18-23-20-37-25-11-5-4-10-24(23)25/h4-5,7,9-11,13,15-17,20,22,26-28,32,37H,6,8,12,14,18-19,21H2,1-3H3,(H4-,38,39,40,41,45,46,47,48,49,50)/p+1. The number of aliphatic carboxylic acids is 1. The molecule has 270 valence electrons. The van der Waals surface area contributed by atoms with Crippen LogP contribution < -0.4 is 25.8 Å². The molecule has 4 heterocycles. The third kappa shape index (κ3) is 8.90. The highest BCUT2D eigenvalue weighted by atomic mass is 16.4. The number of hydrogen-bond acceptors (Lipinski definition) is 6. The maximum atomic E-state index is 14.2. The average Bonchev–Trinajstić information content (AvgIpc) is 3.70. The van der Waals surface area contributed by atoms with Gasteiger partial charge in [0.1, 0.15) is 36.6 Å². The molecule has 1 aromatic carbocycles. The van der Waals surface area contributed by atoms with E-state index in [-0.39, 0.29) is 12.8 Å². The molecule has 15 nitrogen and oxygen atoms in total. The zero-order valence-electron chi connectivity index (χ0n) is 28.9. The molecule has 1 aliphatic heterocycles. The number of para-hydroxylation sites is 1. The zero-order chi connectivity index (χ0) is 36.7. The molecule has 1 fully saturated rings. The van der Waals surface area contributed by atoms with Gasteiger partial charge in [0, 0.05) is 36.6 Å². The number of hydrogen-bond donors (Lipinski definition) is 6. The molecule has 51 heavy (non-hydrogen) atoms. The van der Waals surface area contributed by atoms with Gasteiger partial charge in [-0.15, -0.1) is 0 Å². The number of carbonyl (C=O) groups is 6. The van der Waals surface area contributed by atoms with Gasteiger partial charge < -0.3 is 36.3 Å². The molecule has 1 aliphatic rings. The Bertz CT molecular complexity index is 1920. The molecule has 1 saturated heterocycles. The Labute approximate surface area is 294 Å². The quantitative estimate of drug-likeness (QED) is 0.103. The van der Waals surface area contributed by atoms with Gasteiger partial charge in [-0.1, -0.05) is 38.1 Å². The minimum absolute atomic E-state index is 0.0109. The molecule has 0 spiro atoms. The Morgan fingerprint density at radius 3 is 2.41 bits per heavy atom. The topological polar surface area (TPSA) is 198 Å². The van der Waals surface area contributed by atoms with Crippen molar-refractivity contribution in [2.45, 2.75) is 76.7 Å². The Kier molecular flexibility index (Phi) is 11.7. The lowest BCUT2D eigenvalue weighted by Gasteiger charge is -2.34. The molecule has 0 aliphatic carbocycles. The molecule has 0 bridgehead atoms. The first-order chi connectivity index (χ1) is 24.4. The fourth-order valence-corrected chi connectivity index (χ4v) is 6.61. The summed E-state index contributed by atoms with van der Waals surface area (Å²) < 4.78 is 4.09. The summed E-state index contributed by atoms with van der Waals surface area (Å²) in [4.78, 5) is 84.3. The second kappa shape index (κ2) is 16.3. The first-order valence-corrected chi connectivity index (χ1v) is 17.1. The molecule has 4 atom stereocenters. The number of benzene rings is 1. The van der Waals surface area contributed by atoms with Gasteiger partial charge in [0.05, 0.1) is 25.7 Å². The van der Waals surface area contributed by atoms with Crippen molar-refractivity contribution < 1.29 is 38.4 Å². The van der Waals surface area contributed by atoms with Crippen LogP contribution in [-0.2, 0) is 41.7 Å². The number of amides is 5. The molecular weight excluding hydrogens is 656 g/mol. The molecule has 15 heteroatoms. The maximum absolute atomic E-state index is 14.2. The number of aromatic nitrogens is 3. The van der Waals surface area contributed by atoms with E-state index in [1.807, 2.05) is 65.5 Å². The molecular formula is C36H45N8O7+. The fourth-order valence-electron chi connectivity index (χ4n) is 6.61. The summed E-state index contributed by atoms with van der Waals surface area (Å²) in [5.74, 6) is -5.23. The summed E-state index contributed by atoms with van der Waals surface area (Å²) in [5.41, 5.74) is 2.53. The third-order valence-electron chi connectivity index (χ3n) is 9.18. The third-order valence-corrected chi connectivity index (χ3v) is 9.18. The number of fused-ring (bicyclic) bond motifs is 2. The number of H-pyrrole nitrogens is 1. The normalized spacial score (nSPS) is 21.2.